The average molecular weight is 755 g/mol. The third kappa shape index (κ3) is 5.33. The smallest absolute Gasteiger partial charge is 0.341 e. The Bertz CT molecular complexity index is 2010. The minimum Gasteiger partial charge on any atom is -0.507 e. The Morgan fingerprint density at radius 1 is 0.981 bits per heavy atom. The first-order chi connectivity index (χ1) is 25.6. The molecular formula is C37H42N2O15. The molecule has 1 saturated heterocycles. The van der Waals surface area contributed by atoms with Gasteiger partial charge in [0.05, 0.1) is 55.0 Å². The van der Waals surface area contributed by atoms with Crippen molar-refractivity contribution in [2.24, 2.45) is 4.99 Å². The van der Waals surface area contributed by atoms with Crippen molar-refractivity contribution in [3.05, 3.63) is 68.4 Å². The van der Waals surface area contributed by atoms with Crippen LogP contribution in [0.2, 0.25) is 0 Å². The van der Waals surface area contributed by atoms with E-state index in [0.717, 1.165) is 20.3 Å². The topological polar surface area (TPSA) is 249 Å². The van der Waals surface area contributed by atoms with Crippen LogP contribution in [0.15, 0.2) is 28.9 Å². The number of hydrogen-bond donors (Lipinski definition) is 6. The number of carbonyl (C=O) groups excluding carboxylic acids is 4. The Kier molecular flexibility index (Phi) is 10.3. The second kappa shape index (κ2) is 14.2. The van der Waals surface area contributed by atoms with Gasteiger partial charge in [-0.15, -0.1) is 0 Å². The molecule has 3 aliphatic carbocycles. The van der Waals surface area contributed by atoms with Crippen molar-refractivity contribution in [1.82, 2.24) is 5.32 Å². The second-order valence-electron chi connectivity index (χ2n) is 13.5. The maximum atomic E-state index is 14.8. The zero-order chi connectivity index (χ0) is 39.6. The molecule has 0 spiro atoms. The van der Waals surface area contributed by atoms with Crippen molar-refractivity contribution in [2.45, 2.75) is 68.2 Å². The number of aliphatic imine (C=N–C) groups is 1. The van der Waals surface area contributed by atoms with Crippen molar-refractivity contribution in [3.8, 4) is 11.5 Å². The van der Waals surface area contributed by atoms with Crippen LogP contribution in [0.5, 0.6) is 11.5 Å². The molecule has 0 saturated carbocycles. The third-order valence-electron chi connectivity index (χ3n) is 10.8. The Hall–Kier alpha value is -4.59. The van der Waals surface area contributed by atoms with Crippen LogP contribution in [0.3, 0.4) is 0 Å². The maximum absolute atomic E-state index is 14.8. The lowest BCUT2D eigenvalue weighted by molar-refractivity contribution is -0.236. The number of aryl methyl sites for hydroxylation is 1. The van der Waals surface area contributed by atoms with E-state index >= 15 is 0 Å². The number of methoxy groups -OCH3 is 5. The summed E-state index contributed by atoms with van der Waals surface area (Å²) in [5, 5.41) is 61.6. The maximum Gasteiger partial charge on any atom is 0.341 e. The highest BCUT2D eigenvalue weighted by Gasteiger charge is 2.72. The van der Waals surface area contributed by atoms with Crippen molar-refractivity contribution in [3.63, 3.8) is 0 Å². The lowest BCUT2D eigenvalue weighted by atomic mass is 9.56. The number of ketones is 3. The largest absolute Gasteiger partial charge is 0.507 e. The number of aliphatic hydroxyl groups is 3. The van der Waals surface area contributed by atoms with Crippen LogP contribution in [0, 0.1) is 6.92 Å². The molecule has 0 aromatic heterocycles. The van der Waals surface area contributed by atoms with Gasteiger partial charge in [0.15, 0.2) is 17.4 Å². The number of rotatable bonds is 9. The summed E-state index contributed by atoms with van der Waals surface area (Å²) < 4.78 is 32.4. The van der Waals surface area contributed by atoms with E-state index in [4.69, 9.17) is 28.4 Å². The Balaban J connectivity index is 1.56. The van der Waals surface area contributed by atoms with Crippen molar-refractivity contribution in [1.29, 1.82) is 0 Å². The number of esters is 1. The van der Waals surface area contributed by atoms with Gasteiger partial charge in [0.25, 0.3) is 0 Å². The number of benzene rings is 2. The molecule has 2 aromatic rings. The number of nitrogens with one attached hydrogen (secondary N) is 1. The van der Waals surface area contributed by atoms with Crippen LogP contribution < -0.4 is 5.32 Å². The minimum absolute atomic E-state index is 0.0180. The zero-order valence-electron chi connectivity index (χ0n) is 30.6. The monoisotopic (exact) mass is 754 g/mol. The number of allylic oxidation sites excluding steroid dienone is 2. The summed E-state index contributed by atoms with van der Waals surface area (Å²) in [7, 11) is 6.21. The van der Waals surface area contributed by atoms with Crippen LogP contribution in [-0.4, -0.2) is 146 Å². The number of phenolic OH excluding ortho intramolecular Hbond substituents is 2. The third-order valence-corrected chi connectivity index (χ3v) is 10.8. The van der Waals surface area contributed by atoms with Gasteiger partial charge in [-0.25, -0.2) is 4.79 Å². The summed E-state index contributed by atoms with van der Waals surface area (Å²) in [6.45, 7) is 3.27. The Labute approximate surface area is 309 Å². The van der Waals surface area contributed by atoms with Gasteiger partial charge in [0.1, 0.15) is 35.4 Å². The number of aliphatic hydroxyl groups excluding tert-OH is 2. The summed E-state index contributed by atoms with van der Waals surface area (Å²) in [5.74, 6) is -6.15. The molecule has 0 radical (unpaired) electrons. The first-order valence-corrected chi connectivity index (χ1v) is 17.0. The summed E-state index contributed by atoms with van der Waals surface area (Å²) in [4.78, 5) is 61.1. The molecule has 2 aromatic carbocycles. The summed E-state index contributed by atoms with van der Waals surface area (Å²) in [6.07, 6.45) is -5.81. The molecule has 290 valence electrons. The Morgan fingerprint density at radius 2 is 1.67 bits per heavy atom. The fraction of sp³-hybridized carbons (Fsp3) is 0.486. The van der Waals surface area contributed by atoms with E-state index in [9.17, 15) is 44.7 Å². The molecule has 6 N–H and O–H groups in total. The molecule has 8 atom stereocenters. The minimum atomic E-state index is -3.20. The van der Waals surface area contributed by atoms with Gasteiger partial charge >= 0.3 is 5.97 Å². The quantitative estimate of drug-likeness (QED) is 0.146. The van der Waals surface area contributed by atoms with Crippen LogP contribution in [0.4, 0.5) is 0 Å². The number of nitrogens with zero attached hydrogens (tertiary/aromatic N) is 1. The van der Waals surface area contributed by atoms with Gasteiger partial charge in [0, 0.05) is 51.6 Å². The highest BCUT2D eigenvalue weighted by Crippen LogP contribution is 2.56. The highest BCUT2D eigenvalue weighted by molar-refractivity contribution is 6.31. The van der Waals surface area contributed by atoms with E-state index in [2.05, 4.69) is 10.3 Å². The normalized spacial score (nSPS) is 31.0. The molecule has 17 heteroatoms. The summed E-state index contributed by atoms with van der Waals surface area (Å²) in [6, 6.07) is 2.37. The number of fused-ring (bicyclic) bond motifs is 5. The molecule has 54 heavy (non-hydrogen) atoms. The zero-order valence-corrected chi connectivity index (χ0v) is 30.6. The van der Waals surface area contributed by atoms with Gasteiger partial charge in [-0.1, -0.05) is 6.07 Å². The molecule has 1 heterocycles. The van der Waals surface area contributed by atoms with Gasteiger partial charge in [-0.2, -0.15) is 0 Å². The summed E-state index contributed by atoms with van der Waals surface area (Å²) in [5.41, 5.74) is -8.89. The molecule has 0 bridgehead atoms. The predicted molar refractivity (Wildman–Crippen MR) is 185 cm³/mol. The molecule has 1 aliphatic heterocycles. The lowest BCUT2D eigenvalue weighted by Gasteiger charge is -2.53. The SMILES string of the molecule is COCCN=C1C=C(NC2OC(C)C(OC)C(O)C2OC)C(=O)c2cc3c(c(O)c21)C(=O)[C@]1(OC)[C@H](O)Cc2cc(C)c(C(=O)OC)c(O)c2[C@]1(O)C3=O. The van der Waals surface area contributed by atoms with Gasteiger partial charge < -0.3 is 59.3 Å². The van der Waals surface area contributed by atoms with Crippen LogP contribution in [0.1, 0.15) is 70.6 Å². The molecule has 0 amide bonds. The van der Waals surface area contributed by atoms with E-state index < -0.39 is 111 Å². The van der Waals surface area contributed by atoms with Gasteiger partial charge in [-0.05, 0) is 37.1 Å². The van der Waals surface area contributed by atoms with Gasteiger partial charge in [-0.3, -0.25) is 19.4 Å². The Morgan fingerprint density at radius 3 is 2.28 bits per heavy atom. The van der Waals surface area contributed by atoms with E-state index in [1.54, 1.807) is 6.92 Å². The van der Waals surface area contributed by atoms with Crippen LogP contribution in [0.25, 0.3) is 0 Å². The molecule has 6 rings (SSSR count). The van der Waals surface area contributed by atoms with E-state index in [1.165, 1.54) is 40.4 Å². The number of hydrogen-bond acceptors (Lipinski definition) is 17. The number of aromatic hydroxyl groups is 2. The molecule has 1 fully saturated rings. The highest BCUT2D eigenvalue weighted by atomic mass is 16.6. The fourth-order valence-electron chi connectivity index (χ4n) is 8.25. The fourth-order valence-corrected chi connectivity index (χ4v) is 8.25. The number of ether oxygens (including phenoxy) is 6. The van der Waals surface area contributed by atoms with Crippen molar-refractivity contribution >= 4 is 29.0 Å². The van der Waals surface area contributed by atoms with E-state index in [-0.39, 0.29) is 46.8 Å². The molecule has 17 nitrogen and oxygen atoms in total. The standard InChI is InChI=1S/C37H42N2O15/c1-14-10-16-11-21(40)37(53-7)33(46)24-18(32(45)36(37,48)25(16)28(43)22(14)35(47)52-6)12-17-23(27(24)42)19(38-8-9-49-3)13-20(26(17)41)39-34-31(51-5)29(44)30(50-4)15(2)54-34/h10,12-13,15,21,29-31,34,39-40,42-44,48H,8-9,11H2,1-7H3/t15?,21-,29?,30?,31?,34?,36+,37-/m1/s1. The first-order valence-electron chi connectivity index (χ1n) is 17.0. The van der Waals surface area contributed by atoms with Crippen molar-refractivity contribution < 1.29 is 73.1 Å². The number of Topliss-reactive ketones (excluding diaryl/α,β-unsaturated/α-hetero) is 3. The molecule has 4 aliphatic rings. The van der Waals surface area contributed by atoms with Crippen LogP contribution in [-0.2, 0) is 40.4 Å². The summed E-state index contributed by atoms with van der Waals surface area (Å²) >= 11 is 0. The van der Waals surface area contributed by atoms with Crippen LogP contribution >= 0.6 is 0 Å². The lowest BCUT2D eigenvalue weighted by Crippen LogP contribution is -2.73. The van der Waals surface area contributed by atoms with E-state index in [1.807, 2.05) is 0 Å². The van der Waals surface area contributed by atoms with E-state index in [0.29, 0.717) is 0 Å². The van der Waals surface area contributed by atoms with Crippen molar-refractivity contribution in [2.75, 3.05) is 48.7 Å². The molecular weight excluding hydrogens is 712 g/mol. The molecule has 5 unspecified atom stereocenters. The average Bonchev–Trinajstić information content (AvgIpc) is 3.12. The number of phenols is 2. The first kappa shape index (κ1) is 39.1. The predicted octanol–water partition coefficient (Wildman–Crippen LogP) is 0.00282. The number of carbonyl (C=O) groups is 4. The second-order valence-corrected chi connectivity index (χ2v) is 13.5. The van der Waals surface area contributed by atoms with Gasteiger partial charge in [0.2, 0.25) is 17.3 Å².